The van der Waals surface area contributed by atoms with E-state index in [4.69, 9.17) is 14.2 Å². The number of benzene rings is 2. The maximum Gasteiger partial charge on any atom is 0.340 e. The Morgan fingerprint density at radius 3 is 2.50 bits per heavy atom. The van der Waals surface area contributed by atoms with E-state index in [1.54, 1.807) is 12.3 Å². The summed E-state index contributed by atoms with van der Waals surface area (Å²) < 4.78 is 16.3. The van der Waals surface area contributed by atoms with Crippen LogP contribution in [0.3, 0.4) is 0 Å². The second-order valence-corrected chi connectivity index (χ2v) is 7.79. The van der Waals surface area contributed by atoms with Crippen LogP contribution in [0.2, 0.25) is 0 Å². The van der Waals surface area contributed by atoms with E-state index < -0.39 is 5.97 Å². The molecule has 1 heterocycles. The lowest BCUT2D eigenvalue weighted by Gasteiger charge is -2.17. The zero-order valence-electron chi connectivity index (χ0n) is 18.2. The first-order chi connectivity index (χ1) is 15.6. The van der Waals surface area contributed by atoms with Gasteiger partial charge in [0, 0.05) is 35.2 Å². The number of fused-ring (bicyclic) bond motifs is 1. The molecule has 32 heavy (non-hydrogen) atoms. The van der Waals surface area contributed by atoms with Crippen LogP contribution >= 0.6 is 0 Å². The highest BCUT2D eigenvalue weighted by Gasteiger charge is 2.26. The van der Waals surface area contributed by atoms with Crippen LogP contribution in [0.25, 0.3) is 10.9 Å². The van der Waals surface area contributed by atoms with Crippen LogP contribution in [0.15, 0.2) is 48.7 Å². The monoisotopic (exact) mass is 434 g/mol. The molecule has 7 nitrogen and oxygen atoms in total. The highest BCUT2D eigenvalue weighted by atomic mass is 16.5. The molecule has 0 unspecified atom stereocenters. The maximum absolute atomic E-state index is 13.1. The Morgan fingerprint density at radius 1 is 1.03 bits per heavy atom. The summed E-state index contributed by atoms with van der Waals surface area (Å²) in [5.41, 5.74) is 2.14. The normalized spacial score (nSPS) is 13.7. The highest BCUT2D eigenvalue weighted by Crippen LogP contribution is 2.35. The number of hydrogen-bond donors (Lipinski definition) is 1. The summed E-state index contributed by atoms with van der Waals surface area (Å²) in [6, 6.07) is 12.7. The van der Waals surface area contributed by atoms with E-state index in [-0.39, 0.29) is 24.0 Å². The third-order valence-electron chi connectivity index (χ3n) is 5.80. The van der Waals surface area contributed by atoms with Gasteiger partial charge in [-0.05, 0) is 18.9 Å². The van der Waals surface area contributed by atoms with Crippen molar-refractivity contribution in [1.82, 2.24) is 4.98 Å². The van der Waals surface area contributed by atoms with Crippen LogP contribution in [0.5, 0.6) is 11.5 Å². The number of carbonyl (C=O) groups excluding carboxylic acids is 2. The zero-order chi connectivity index (χ0) is 22.5. The number of esters is 1. The van der Waals surface area contributed by atoms with Crippen LogP contribution in [0, 0.1) is 5.92 Å². The molecule has 1 saturated carbocycles. The number of pyridine rings is 1. The van der Waals surface area contributed by atoms with Crippen molar-refractivity contribution in [3.63, 3.8) is 0 Å². The number of nitrogens with zero attached hydrogens (tertiary/aromatic N) is 1. The van der Waals surface area contributed by atoms with Crippen LogP contribution in [-0.2, 0) is 16.1 Å². The van der Waals surface area contributed by atoms with E-state index in [1.807, 2.05) is 30.3 Å². The van der Waals surface area contributed by atoms with Crippen molar-refractivity contribution in [2.45, 2.75) is 32.3 Å². The summed E-state index contributed by atoms with van der Waals surface area (Å²) in [7, 11) is 3.00. The summed E-state index contributed by atoms with van der Waals surface area (Å²) in [5.74, 6) is 0.0884. The summed E-state index contributed by atoms with van der Waals surface area (Å²) >= 11 is 0. The van der Waals surface area contributed by atoms with Crippen molar-refractivity contribution in [3.8, 4) is 11.5 Å². The molecule has 0 atom stereocenters. The van der Waals surface area contributed by atoms with Gasteiger partial charge in [-0.15, -0.1) is 0 Å². The first-order valence-electron chi connectivity index (χ1n) is 10.7. The van der Waals surface area contributed by atoms with E-state index in [9.17, 15) is 9.59 Å². The smallest absolute Gasteiger partial charge is 0.340 e. The molecular formula is C25H26N2O5. The molecule has 0 spiro atoms. The molecule has 4 rings (SSSR count). The summed E-state index contributed by atoms with van der Waals surface area (Å²) in [6.07, 6.45) is 5.49. The first kappa shape index (κ1) is 21.6. The number of anilines is 1. The standard InChI is InChI=1S/C25H26N2O5/c1-30-21-13-19(20(14-22(21)31-2)27-24(28)17-7-3-4-8-17)25(29)32-15-18-10-5-9-16-11-6-12-26-23(16)18/h5-6,9-14,17H,3-4,7-8,15H2,1-2H3,(H,27,28). The molecule has 0 saturated heterocycles. The number of ether oxygens (including phenoxy) is 3. The Bertz CT molecular complexity index is 1130. The molecule has 3 aromatic rings. The lowest BCUT2D eigenvalue weighted by Crippen LogP contribution is -2.22. The molecule has 1 aliphatic rings. The third kappa shape index (κ3) is 4.51. The lowest BCUT2D eigenvalue weighted by molar-refractivity contribution is -0.119. The second-order valence-electron chi connectivity index (χ2n) is 7.79. The topological polar surface area (TPSA) is 86.8 Å². The van der Waals surface area contributed by atoms with Gasteiger partial charge in [0.05, 0.1) is 31.0 Å². The van der Waals surface area contributed by atoms with Crippen LogP contribution in [-0.4, -0.2) is 31.1 Å². The van der Waals surface area contributed by atoms with Gasteiger partial charge in [0.15, 0.2) is 11.5 Å². The van der Waals surface area contributed by atoms with Gasteiger partial charge in [0.2, 0.25) is 5.91 Å². The van der Waals surface area contributed by atoms with E-state index >= 15 is 0 Å². The van der Waals surface area contributed by atoms with Crippen molar-refractivity contribution >= 4 is 28.5 Å². The molecule has 1 amide bonds. The predicted molar refractivity (Wildman–Crippen MR) is 121 cm³/mol. The van der Waals surface area contributed by atoms with Crippen LogP contribution in [0.4, 0.5) is 5.69 Å². The van der Waals surface area contributed by atoms with Crippen LogP contribution in [0.1, 0.15) is 41.6 Å². The zero-order valence-corrected chi connectivity index (χ0v) is 18.2. The highest BCUT2D eigenvalue weighted by molar-refractivity contribution is 6.03. The minimum atomic E-state index is -0.569. The van der Waals surface area contributed by atoms with Gasteiger partial charge in [-0.2, -0.15) is 0 Å². The van der Waals surface area contributed by atoms with Gasteiger partial charge in [-0.1, -0.05) is 37.1 Å². The lowest BCUT2D eigenvalue weighted by atomic mass is 10.1. The Hall–Kier alpha value is -3.61. The van der Waals surface area contributed by atoms with Crippen molar-refractivity contribution in [2.24, 2.45) is 5.92 Å². The molecule has 2 aromatic carbocycles. The van der Waals surface area contributed by atoms with Crippen molar-refractivity contribution < 1.29 is 23.8 Å². The number of para-hydroxylation sites is 1. The van der Waals surface area contributed by atoms with E-state index in [0.717, 1.165) is 42.1 Å². The Kier molecular flexibility index (Phi) is 6.54. The minimum Gasteiger partial charge on any atom is -0.493 e. The number of hydrogen-bond acceptors (Lipinski definition) is 6. The number of aromatic nitrogens is 1. The number of methoxy groups -OCH3 is 2. The average Bonchev–Trinajstić information content (AvgIpc) is 3.37. The Morgan fingerprint density at radius 2 is 1.75 bits per heavy atom. The largest absolute Gasteiger partial charge is 0.493 e. The molecule has 166 valence electrons. The second kappa shape index (κ2) is 9.68. The molecule has 0 radical (unpaired) electrons. The van der Waals surface area contributed by atoms with Crippen molar-refractivity contribution in [1.29, 1.82) is 0 Å². The van der Waals surface area contributed by atoms with E-state index in [2.05, 4.69) is 10.3 Å². The SMILES string of the molecule is COc1cc(NC(=O)C2CCCC2)c(C(=O)OCc2cccc3cccnc23)cc1OC. The minimum absolute atomic E-state index is 0.0475. The summed E-state index contributed by atoms with van der Waals surface area (Å²) in [5, 5.41) is 3.87. The van der Waals surface area contributed by atoms with E-state index in [1.165, 1.54) is 20.3 Å². The fourth-order valence-electron chi connectivity index (χ4n) is 4.08. The fraction of sp³-hybridized carbons (Fsp3) is 0.320. The van der Waals surface area contributed by atoms with E-state index in [0.29, 0.717) is 17.2 Å². The molecular weight excluding hydrogens is 408 g/mol. The molecule has 0 bridgehead atoms. The summed E-state index contributed by atoms with van der Waals surface area (Å²) in [4.78, 5) is 30.2. The van der Waals surface area contributed by atoms with Crippen molar-refractivity contribution in [2.75, 3.05) is 19.5 Å². The number of rotatable bonds is 7. The fourth-order valence-corrected chi connectivity index (χ4v) is 4.08. The van der Waals surface area contributed by atoms with Gasteiger partial charge in [-0.25, -0.2) is 4.79 Å². The van der Waals surface area contributed by atoms with Gasteiger partial charge in [-0.3, -0.25) is 9.78 Å². The van der Waals surface area contributed by atoms with Gasteiger partial charge < -0.3 is 19.5 Å². The predicted octanol–water partition coefficient (Wildman–Crippen LogP) is 4.74. The molecule has 7 heteroatoms. The maximum atomic E-state index is 13.1. The number of carbonyl (C=O) groups is 2. The molecule has 1 N–H and O–H groups in total. The van der Waals surface area contributed by atoms with Gasteiger partial charge in [0.1, 0.15) is 6.61 Å². The molecule has 1 aromatic heterocycles. The van der Waals surface area contributed by atoms with Crippen molar-refractivity contribution in [3.05, 3.63) is 59.8 Å². The molecule has 1 aliphatic carbocycles. The quantitative estimate of drug-likeness (QED) is 0.541. The Balaban J connectivity index is 1.59. The number of nitrogens with one attached hydrogen (secondary N) is 1. The Labute approximate surface area is 186 Å². The van der Waals surface area contributed by atoms with Crippen LogP contribution < -0.4 is 14.8 Å². The van der Waals surface area contributed by atoms with Gasteiger partial charge >= 0.3 is 5.97 Å². The average molecular weight is 434 g/mol. The van der Waals surface area contributed by atoms with Gasteiger partial charge in [0.25, 0.3) is 0 Å². The molecule has 0 aliphatic heterocycles. The number of amides is 1. The molecule has 1 fully saturated rings. The third-order valence-corrected chi connectivity index (χ3v) is 5.80. The first-order valence-corrected chi connectivity index (χ1v) is 10.7. The summed E-state index contributed by atoms with van der Waals surface area (Å²) in [6.45, 7) is 0.0531.